The van der Waals surface area contributed by atoms with Crippen molar-refractivity contribution < 1.29 is 4.74 Å². The summed E-state index contributed by atoms with van der Waals surface area (Å²) in [7, 11) is 0. The standard InChI is InChI=1S/C11H14N4O/c12-8-9-3-4-11(15-14-9)13-6-5-10-2-1-7-16-10/h3-4,10H,1-2,5-7H2,(H,13,15). The maximum atomic E-state index is 8.56. The van der Waals surface area contributed by atoms with E-state index in [2.05, 4.69) is 15.5 Å². The third-order valence-corrected chi connectivity index (χ3v) is 2.58. The first-order valence-corrected chi connectivity index (χ1v) is 5.48. The van der Waals surface area contributed by atoms with Crippen LogP contribution in [0.25, 0.3) is 0 Å². The number of nitrogens with one attached hydrogen (secondary N) is 1. The van der Waals surface area contributed by atoms with Gasteiger partial charge in [0.2, 0.25) is 0 Å². The SMILES string of the molecule is N#Cc1ccc(NCCC2CCCO2)nn1. The fraction of sp³-hybridized carbons (Fsp3) is 0.545. The molecule has 1 N–H and O–H groups in total. The fourth-order valence-electron chi connectivity index (χ4n) is 1.72. The van der Waals surface area contributed by atoms with Crippen LogP contribution >= 0.6 is 0 Å². The van der Waals surface area contributed by atoms with E-state index in [1.54, 1.807) is 12.1 Å². The van der Waals surface area contributed by atoms with E-state index >= 15 is 0 Å². The summed E-state index contributed by atoms with van der Waals surface area (Å²) in [5.74, 6) is 0.706. The van der Waals surface area contributed by atoms with E-state index in [1.807, 2.05) is 6.07 Å². The van der Waals surface area contributed by atoms with Crippen LogP contribution in [0.1, 0.15) is 25.0 Å². The van der Waals surface area contributed by atoms with Crippen LogP contribution in [0.3, 0.4) is 0 Å². The largest absolute Gasteiger partial charge is 0.378 e. The molecule has 84 valence electrons. The molecule has 2 rings (SSSR count). The Labute approximate surface area is 94.4 Å². The number of hydrogen-bond donors (Lipinski definition) is 1. The maximum absolute atomic E-state index is 8.56. The lowest BCUT2D eigenvalue weighted by Gasteiger charge is -2.09. The number of aromatic nitrogens is 2. The van der Waals surface area contributed by atoms with E-state index in [4.69, 9.17) is 10.00 Å². The maximum Gasteiger partial charge on any atom is 0.163 e. The molecule has 1 unspecified atom stereocenters. The molecule has 0 amide bonds. The minimum atomic E-state index is 0.338. The molecule has 1 aliphatic heterocycles. The lowest BCUT2D eigenvalue weighted by atomic mass is 10.2. The Morgan fingerprint density at radius 2 is 2.44 bits per heavy atom. The molecule has 0 radical (unpaired) electrons. The van der Waals surface area contributed by atoms with Crippen LogP contribution in [0, 0.1) is 11.3 Å². The van der Waals surface area contributed by atoms with Gasteiger partial charge in [0.15, 0.2) is 5.69 Å². The predicted octanol–water partition coefficient (Wildman–Crippen LogP) is 1.33. The lowest BCUT2D eigenvalue weighted by molar-refractivity contribution is 0.107. The van der Waals surface area contributed by atoms with Gasteiger partial charge >= 0.3 is 0 Å². The third-order valence-electron chi connectivity index (χ3n) is 2.58. The topological polar surface area (TPSA) is 70.8 Å². The predicted molar refractivity (Wildman–Crippen MR) is 58.8 cm³/mol. The fourth-order valence-corrected chi connectivity index (χ4v) is 1.72. The molecule has 1 aromatic heterocycles. The molecule has 0 aliphatic carbocycles. The Morgan fingerprint density at radius 1 is 1.50 bits per heavy atom. The van der Waals surface area contributed by atoms with Crippen molar-refractivity contribution in [3.8, 4) is 6.07 Å². The summed E-state index contributed by atoms with van der Waals surface area (Å²) in [6, 6.07) is 5.35. The van der Waals surface area contributed by atoms with Crippen LogP contribution in [0.15, 0.2) is 12.1 Å². The van der Waals surface area contributed by atoms with Gasteiger partial charge < -0.3 is 10.1 Å². The molecule has 1 atom stereocenters. The van der Waals surface area contributed by atoms with Crippen LogP contribution < -0.4 is 5.32 Å². The Hall–Kier alpha value is -1.67. The van der Waals surface area contributed by atoms with E-state index in [9.17, 15) is 0 Å². The van der Waals surface area contributed by atoms with Gasteiger partial charge in [-0.05, 0) is 31.4 Å². The molecule has 1 fully saturated rings. The van der Waals surface area contributed by atoms with Crippen LogP contribution in [-0.4, -0.2) is 29.5 Å². The van der Waals surface area contributed by atoms with Gasteiger partial charge in [0.1, 0.15) is 11.9 Å². The zero-order valence-electron chi connectivity index (χ0n) is 9.02. The number of hydrogen-bond acceptors (Lipinski definition) is 5. The molecule has 0 aromatic carbocycles. The number of anilines is 1. The van der Waals surface area contributed by atoms with Crippen molar-refractivity contribution in [3.05, 3.63) is 17.8 Å². The van der Waals surface area contributed by atoms with Gasteiger partial charge in [0.25, 0.3) is 0 Å². The summed E-state index contributed by atoms with van der Waals surface area (Å²) in [5, 5.41) is 19.4. The van der Waals surface area contributed by atoms with Crippen LogP contribution in [0.4, 0.5) is 5.82 Å². The van der Waals surface area contributed by atoms with Crippen molar-refractivity contribution >= 4 is 5.82 Å². The molecule has 16 heavy (non-hydrogen) atoms. The Balaban J connectivity index is 1.74. The third kappa shape index (κ3) is 2.91. The summed E-state index contributed by atoms with van der Waals surface area (Å²) in [5.41, 5.74) is 0.338. The summed E-state index contributed by atoms with van der Waals surface area (Å²) in [6.45, 7) is 1.71. The van der Waals surface area contributed by atoms with Gasteiger partial charge in [0, 0.05) is 13.2 Å². The highest BCUT2D eigenvalue weighted by atomic mass is 16.5. The average molecular weight is 218 g/mol. The first kappa shape index (κ1) is 10.8. The molecule has 2 heterocycles. The van der Waals surface area contributed by atoms with E-state index < -0.39 is 0 Å². The molecule has 0 bridgehead atoms. The quantitative estimate of drug-likeness (QED) is 0.825. The number of nitrogens with zero attached hydrogens (tertiary/aromatic N) is 3. The monoisotopic (exact) mass is 218 g/mol. The Morgan fingerprint density at radius 3 is 3.06 bits per heavy atom. The first-order valence-electron chi connectivity index (χ1n) is 5.48. The average Bonchev–Trinajstić information content (AvgIpc) is 2.83. The molecular weight excluding hydrogens is 204 g/mol. The highest BCUT2D eigenvalue weighted by molar-refractivity contribution is 5.34. The van der Waals surface area contributed by atoms with Gasteiger partial charge in [-0.15, -0.1) is 10.2 Å². The zero-order chi connectivity index (χ0) is 11.2. The molecule has 5 nitrogen and oxygen atoms in total. The second-order valence-electron chi connectivity index (χ2n) is 3.77. The van der Waals surface area contributed by atoms with Gasteiger partial charge in [-0.1, -0.05) is 0 Å². The van der Waals surface area contributed by atoms with Crippen LogP contribution in [0.5, 0.6) is 0 Å². The van der Waals surface area contributed by atoms with Crippen molar-refractivity contribution in [3.63, 3.8) is 0 Å². The van der Waals surface area contributed by atoms with E-state index in [-0.39, 0.29) is 0 Å². The normalized spacial score (nSPS) is 19.3. The smallest absolute Gasteiger partial charge is 0.163 e. The van der Waals surface area contributed by atoms with Gasteiger partial charge in [0.05, 0.1) is 6.10 Å². The summed E-state index contributed by atoms with van der Waals surface area (Å²) in [4.78, 5) is 0. The van der Waals surface area contributed by atoms with Crippen LogP contribution in [-0.2, 0) is 4.74 Å². The number of nitriles is 1. The van der Waals surface area contributed by atoms with Gasteiger partial charge in [-0.3, -0.25) is 0 Å². The molecule has 0 spiro atoms. The second-order valence-corrected chi connectivity index (χ2v) is 3.77. The van der Waals surface area contributed by atoms with Crippen molar-refractivity contribution in [1.29, 1.82) is 5.26 Å². The summed E-state index contributed by atoms with van der Waals surface area (Å²) >= 11 is 0. The molecule has 5 heteroatoms. The van der Waals surface area contributed by atoms with E-state index in [0.29, 0.717) is 17.6 Å². The Kier molecular flexibility index (Phi) is 3.67. The number of ether oxygens (including phenoxy) is 1. The summed E-state index contributed by atoms with van der Waals surface area (Å²) < 4.78 is 5.51. The van der Waals surface area contributed by atoms with Crippen LogP contribution in [0.2, 0.25) is 0 Å². The van der Waals surface area contributed by atoms with Crippen molar-refractivity contribution in [2.75, 3.05) is 18.5 Å². The molecule has 1 saturated heterocycles. The molecule has 0 saturated carbocycles. The lowest BCUT2D eigenvalue weighted by Crippen LogP contribution is -2.13. The van der Waals surface area contributed by atoms with Crippen molar-refractivity contribution in [2.24, 2.45) is 0 Å². The van der Waals surface area contributed by atoms with Gasteiger partial charge in [-0.25, -0.2) is 0 Å². The minimum absolute atomic E-state index is 0.338. The Bertz CT molecular complexity index is 365. The minimum Gasteiger partial charge on any atom is -0.378 e. The van der Waals surface area contributed by atoms with Crippen molar-refractivity contribution in [1.82, 2.24) is 10.2 Å². The van der Waals surface area contributed by atoms with E-state index in [1.165, 1.54) is 6.42 Å². The number of rotatable bonds is 4. The highest BCUT2D eigenvalue weighted by Crippen LogP contribution is 2.15. The first-order chi connectivity index (χ1) is 7.88. The highest BCUT2D eigenvalue weighted by Gasteiger charge is 2.14. The second kappa shape index (κ2) is 5.42. The zero-order valence-corrected chi connectivity index (χ0v) is 9.02. The summed E-state index contributed by atoms with van der Waals surface area (Å²) in [6.07, 6.45) is 3.70. The van der Waals surface area contributed by atoms with E-state index in [0.717, 1.165) is 26.0 Å². The van der Waals surface area contributed by atoms with Gasteiger partial charge in [-0.2, -0.15) is 5.26 Å². The molecular formula is C11H14N4O. The molecule has 1 aromatic rings. The molecule has 1 aliphatic rings. The van der Waals surface area contributed by atoms with Crippen molar-refractivity contribution in [2.45, 2.75) is 25.4 Å².